The highest BCUT2D eigenvalue weighted by Crippen LogP contribution is 2.29. The van der Waals surface area contributed by atoms with Crippen LogP contribution < -0.4 is 14.8 Å². The van der Waals surface area contributed by atoms with Gasteiger partial charge in [0.05, 0.1) is 19.8 Å². The molecule has 7 heteroatoms. The Morgan fingerprint density at radius 2 is 1.86 bits per heavy atom. The number of ether oxygens (including phenoxy) is 2. The van der Waals surface area contributed by atoms with Gasteiger partial charge in [-0.3, -0.25) is 4.79 Å². The third-order valence-electron chi connectivity index (χ3n) is 4.72. The van der Waals surface area contributed by atoms with Gasteiger partial charge >= 0.3 is 0 Å². The molecule has 1 aromatic carbocycles. The van der Waals surface area contributed by atoms with Crippen molar-refractivity contribution in [1.82, 2.24) is 20.1 Å². The number of carbonyl (C=O) groups excluding carboxylic acids is 1. The normalized spacial score (nSPS) is 13.5. The fraction of sp³-hybridized carbons (Fsp3) is 0.571. The molecule has 1 N–H and O–H groups in total. The molecule has 0 bridgehead atoms. The Kier molecular flexibility index (Phi) is 7.28. The van der Waals surface area contributed by atoms with Gasteiger partial charge in [-0.2, -0.15) is 0 Å². The minimum atomic E-state index is -0.158. The number of amides is 1. The minimum absolute atomic E-state index is 0.158. The van der Waals surface area contributed by atoms with E-state index in [2.05, 4.69) is 27.0 Å². The Balaban J connectivity index is 1.67. The molecule has 0 radical (unpaired) electrons. The highest BCUT2D eigenvalue weighted by Gasteiger charge is 2.16. The van der Waals surface area contributed by atoms with Crippen molar-refractivity contribution in [2.75, 3.05) is 13.2 Å². The van der Waals surface area contributed by atoms with Crippen molar-refractivity contribution in [1.29, 1.82) is 0 Å². The molecule has 3 rings (SSSR count). The lowest BCUT2D eigenvalue weighted by Gasteiger charge is -2.14. The molecule has 0 saturated heterocycles. The number of fused-ring (bicyclic) bond motifs is 1. The number of carbonyl (C=O) groups is 1. The standard InChI is InChI=1S/C21H30N4O3/c1-3-12-27-17-10-9-16(14-18(17)28-13-4-2)21(26)22-15-20-24-23-19-8-6-5-7-11-25(19)20/h9-10,14H,3-8,11-13,15H2,1-2H3,(H,22,26). The molecule has 1 aromatic heterocycles. The summed E-state index contributed by atoms with van der Waals surface area (Å²) in [5.41, 5.74) is 0.547. The Morgan fingerprint density at radius 1 is 1.07 bits per heavy atom. The number of aryl methyl sites for hydroxylation is 1. The summed E-state index contributed by atoms with van der Waals surface area (Å²) in [4.78, 5) is 12.7. The smallest absolute Gasteiger partial charge is 0.251 e. The molecule has 1 aliphatic heterocycles. The van der Waals surface area contributed by atoms with Crippen LogP contribution in [-0.2, 0) is 19.5 Å². The maximum absolute atomic E-state index is 12.7. The predicted molar refractivity (Wildman–Crippen MR) is 107 cm³/mol. The molecule has 1 amide bonds. The molecule has 7 nitrogen and oxygen atoms in total. The van der Waals surface area contributed by atoms with E-state index in [1.165, 1.54) is 6.42 Å². The highest BCUT2D eigenvalue weighted by molar-refractivity contribution is 5.94. The molecule has 0 unspecified atom stereocenters. The number of hydrogen-bond donors (Lipinski definition) is 1. The predicted octanol–water partition coefficient (Wildman–Crippen LogP) is 3.51. The van der Waals surface area contributed by atoms with Crippen LogP contribution in [0.25, 0.3) is 0 Å². The third-order valence-corrected chi connectivity index (χ3v) is 4.72. The van der Waals surface area contributed by atoms with Crippen molar-refractivity contribution in [2.45, 2.75) is 65.5 Å². The summed E-state index contributed by atoms with van der Waals surface area (Å²) >= 11 is 0. The van der Waals surface area contributed by atoms with Gasteiger partial charge in [-0.15, -0.1) is 10.2 Å². The third kappa shape index (κ3) is 5.03. The zero-order valence-corrected chi connectivity index (χ0v) is 16.9. The van der Waals surface area contributed by atoms with E-state index in [0.717, 1.165) is 50.3 Å². The van der Waals surface area contributed by atoms with Crippen molar-refractivity contribution in [3.05, 3.63) is 35.4 Å². The first kappa shape index (κ1) is 20.2. The van der Waals surface area contributed by atoms with E-state index in [1.807, 2.05) is 6.92 Å². The average Bonchev–Trinajstić information content (AvgIpc) is 2.94. The zero-order chi connectivity index (χ0) is 19.8. The number of nitrogens with one attached hydrogen (secondary N) is 1. The van der Waals surface area contributed by atoms with E-state index in [1.54, 1.807) is 18.2 Å². The number of nitrogens with zero attached hydrogens (tertiary/aromatic N) is 3. The van der Waals surface area contributed by atoms with Gasteiger partial charge in [0.2, 0.25) is 0 Å². The van der Waals surface area contributed by atoms with Crippen LogP contribution in [0.15, 0.2) is 18.2 Å². The average molecular weight is 386 g/mol. The molecule has 0 spiro atoms. The Bertz CT molecular complexity index is 788. The maximum Gasteiger partial charge on any atom is 0.251 e. The molecule has 28 heavy (non-hydrogen) atoms. The van der Waals surface area contributed by atoms with Crippen molar-refractivity contribution >= 4 is 5.91 Å². The molecule has 0 saturated carbocycles. The van der Waals surface area contributed by atoms with Gasteiger partial charge in [0.15, 0.2) is 17.3 Å². The van der Waals surface area contributed by atoms with E-state index in [0.29, 0.717) is 36.8 Å². The molecule has 0 atom stereocenters. The second-order valence-electron chi connectivity index (χ2n) is 7.04. The van der Waals surface area contributed by atoms with Crippen LogP contribution in [0.2, 0.25) is 0 Å². The first-order valence-electron chi connectivity index (χ1n) is 10.3. The molecule has 0 fully saturated rings. The Hall–Kier alpha value is -2.57. The van der Waals surface area contributed by atoms with E-state index in [-0.39, 0.29) is 5.91 Å². The molecule has 152 valence electrons. The number of benzene rings is 1. The van der Waals surface area contributed by atoms with Crippen LogP contribution in [-0.4, -0.2) is 33.9 Å². The van der Waals surface area contributed by atoms with Crippen LogP contribution >= 0.6 is 0 Å². The van der Waals surface area contributed by atoms with Crippen LogP contribution in [0.4, 0.5) is 0 Å². The first-order chi connectivity index (χ1) is 13.7. The second-order valence-corrected chi connectivity index (χ2v) is 7.04. The van der Waals surface area contributed by atoms with E-state index in [4.69, 9.17) is 9.47 Å². The number of hydrogen-bond acceptors (Lipinski definition) is 5. The lowest BCUT2D eigenvalue weighted by atomic mass is 10.2. The van der Waals surface area contributed by atoms with Gasteiger partial charge in [0.25, 0.3) is 5.91 Å². The Labute approximate surface area is 166 Å². The number of rotatable bonds is 9. The fourth-order valence-corrected chi connectivity index (χ4v) is 3.24. The summed E-state index contributed by atoms with van der Waals surface area (Å²) in [6.45, 7) is 6.59. The van der Waals surface area contributed by atoms with Crippen LogP contribution in [0.3, 0.4) is 0 Å². The van der Waals surface area contributed by atoms with Gasteiger partial charge in [0.1, 0.15) is 5.82 Å². The first-order valence-corrected chi connectivity index (χ1v) is 10.3. The quantitative estimate of drug-likeness (QED) is 0.713. The van der Waals surface area contributed by atoms with E-state index < -0.39 is 0 Å². The summed E-state index contributed by atoms with van der Waals surface area (Å²) in [6, 6.07) is 5.32. The summed E-state index contributed by atoms with van der Waals surface area (Å²) in [7, 11) is 0. The molecular weight excluding hydrogens is 356 g/mol. The summed E-state index contributed by atoms with van der Waals surface area (Å²) in [6.07, 6.45) is 6.25. The van der Waals surface area contributed by atoms with Gasteiger partial charge in [0, 0.05) is 18.5 Å². The topological polar surface area (TPSA) is 78.3 Å². The van der Waals surface area contributed by atoms with Crippen molar-refractivity contribution < 1.29 is 14.3 Å². The van der Waals surface area contributed by atoms with Crippen molar-refractivity contribution in [2.24, 2.45) is 0 Å². The summed E-state index contributed by atoms with van der Waals surface area (Å²) < 4.78 is 13.7. The minimum Gasteiger partial charge on any atom is -0.490 e. The molecule has 0 aliphatic carbocycles. The van der Waals surface area contributed by atoms with Crippen LogP contribution in [0, 0.1) is 0 Å². The summed E-state index contributed by atoms with van der Waals surface area (Å²) in [5, 5.41) is 11.5. The van der Waals surface area contributed by atoms with Crippen molar-refractivity contribution in [3.8, 4) is 11.5 Å². The maximum atomic E-state index is 12.7. The zero-order valence-electron chi connectivity index (χ0n) is 16.9. The molecular formula is C21H30N4O3. The largest absolute Gasteiger partial charge is 0.490 e. The second kappa shape index (κ2) is 10.1. The highest BCUT2D eigenvalue weighted by atomic mass is 16.5. The lowest BCUT2D eigenvalue weighted by Crippen LogP contribution is -2.25. The monoisotopic (exact) mass is 386 g/mol. The van der Waals surface area contributed by atoms with E-state index >= 15 is 0 Å². The molecule has 2 aromatic rings. The number of aromatic nitrogens is 3. The van der Waals surface area contributed by atoms with Gasteiger partial charge in [-0.05, 0) is 43.9 Å². The summed E-state index contributed by atoms with van der Waals surface area (Å²) in [5.74, 6) is 2.97. The fourth-order valence-electron chi connectivity index (χ4n) is 3.24. The molecule has 1 aliphatic rings. The SMILES string of the molecule is CCCOc1ccc(C(=O)NCc2nnc3n2CCCCC3)cc1OCCC. The van der Waals surface area contributed by atoms with Gasteiger partial charge in [-0.25, -0.2) is 0 Å². The van der Waals surface area contributed by atoms with Crippen molar-refractivity contribution in [3.63, 3.8) is 0 Å². The Morgan fingerprint density at radius 3 is 2.64 bits per heavy atom. The van der Waals surface area contributed by atoms with Crippen LogP contribution in [0.5, 0.6) is 11.5 Å². The van der Waals surface area contributed by atoms with E-state index in [9.17, 15) is 4.79 Å². The van der Waals surface area contributed by atoms with Crippen LogP contribution in [0.1, 0.15) is 68.0 Å². The molecule has 2 heterocycles. The lowest BCUT2D eigenvalue weighted by molar-refractivity contribution is 0.0949. The van der Waals surface area contributed by atoms with Gasteiger partial charge in [-0.1, -0.05) is 20.3 Å². The van der Waals surface area contributed by atoms with Gasteiger partial charge < -0.3 is 19.4 Å².